The van der Waals surface area contributed by atoms with Gasteiger partial charge in [0, 0.05) is 30.2 Å². The Balaban J connectivity index is 2.19. The lowest BCUT2D eigenvalue weighted by atomic mass is 10.0. The second kappa shape index (κ2) is 29.0. The molecule has 9 amide bonds. The Bertz CT molecular complexity index is 2190. The van der Waals surface area contributed by atoms with Gasteiger partial charge in [-0.1, -0.05) is 27.7 Å². The van der Waals surface area contributed by atoms with Gasteiger partial charge >= 0.3 is 17.9 Å². The number of guanidine groups is 1. The number of aliphatic carboxylic acids is 3. The fourth-order valence-electron chi connectivity index (χ4n) is 6.16. The first-order chi connectivity index (χ1) is 33.0. The van der Waals surface area contributed by atoms with Crippen LogP contribution < -0.4 is 58.9 Å². The van der Waals surface area contributed by atoms with Crippen LogP contribution >= 0.6 is 55.9 Å². The number of phenols is 1. The summed E-state index contributed by atoms with van der Waals surface area (Å²) in [5.41, 5.74) is 5.69. The normalized spacial score (nSPS) is 23.9. The molecule has 17 N–H and O–H groups in total. The summed E-state index contributed by atoms with van der Waals surface area (Å²) >= 11 is 2.49. The molecule has 2 aliphatic heterocycles. The molecule has 7 unspecified atom stereocenters. The summed E-state index contributed by atoms with van der Waals surface area (Å²) < 4.78 is 0.334. The maximum absolute atomic E-state index is 14.3. The summed E-state index contributed by atoms with van der Waals surface area (Å²) in [6.45, 7) is -1.74. The van der Waals surface area contributed by atoms with Crippen LogP contribution in [0.3, 0.4) is 0 Å². The number of nitrogens with two attached hydrogens (primary N) is 1. The maximum Gasteiger partial charge on any atom is 0.322 e. The number of nitrogens with one attached hydrogen (secondary N) is 11. The van der Waals surface area contributed by atoms with Gasteiger partial charge in [-0.2, -0.15) is 0 Å². The fraction of sp³-hybridized carbons (Fsp3) is 0.500. The minimum absolute atomic E-state index is 0.0396. The van der Waals surface area contributed by atoms with E-state index < -0.39 is 168 Å². The Hall–Kier alpha value is -6.29. The molecule has 2 heterocycles. The minimum Gasteiger partial charge on any atom is -0.507 e. The molecule has 2 saturated heterocycles. The van der Waals surface area contributed by atoms with Gasteiger partial charge in [-0.05, 0) is 53.1 Å². The molecule has 28 nitrogen and oxygen atoms in total. The zero-order valence-corrected chi connectivity index (χ0v) is 41.2. The SMILES string of the molecule is N=C(N)NCCCC1NC(=O)C2CSSCC(NC(=O)C(CC(=O)O)NC(=O)CNC1=O)C(=O)NC(Cc1ccc(O)c(I)c1)C(=O)NC(C(=O)NCC(=O)O)CSCC(=O)NC(CC(=O)O)C(=O)N2. The van der Waals surface area contributed by atoms with Gasteiger partial charge in [0.1, 0.15) is 54.6 Å². The molecular formula is C38H51IN12O16S3. The quantitative estimate of drug-likeness (QED) is 0.0288. The second-order valence-corrected chi connectivity index (χ2v) is 19.9. The van der Waals surface area contributed by atoms with Crippen LogP contribution in [0.25, 0.3) is 0 Å². The molecule has 2 fully saturated rings. The Morgan fingerprint density at radius 1 is 0.686 bits per heavy atom. The van der Waals surface area contributed by atoms with Gasteiger partial charge in [-0.25, -0.2) is 0 Å². The molecule has 3 rings (SSSR count). The number of hydrogen-bond donors (Lipinski definition) is 16. The van der Waals surface area contributed by atoms with Gasteiger partial charge in [0.2, 0.25) is 53.2 Å². The average Bonchev–Trinajstić information content (AvgIpc) is 3.27. The molecular weight excluding hydrogens is 1100 g/mol. The van der Waals surface area contributed by atoms with Crippen LogP contribution in [-0.4, -0.2) is 182 Å². The van der Waals surface area contributed by atoms with Gasteiger partial charge < -0.3 is 79.3 Å². The summed E-state index contributed by atoms with van der Waals surface area (Å²) in [4.78, 5) is 158. The van der Waals surface area contributed by atoms with E-state index in [0.29, 0.717) is 20.9 Å². The lowest BCUT2D eigenvalue weighted by Crippen LogP contribution is -2.60. The molecule has 70 heavy (non-hydrogen) atoms. The third-order valence-corrected chi connectivity index (χ3v) is 13.9. The standard InChI is InChI=1S/C38H51IN12O16S3/c39-17-6-16(3-4-25(17)52)7-19-33(63)49-22(32(62)44-11-30(59)60)12-68-15-27(54)46-21(9-29(57)58)35(65)50-23-13-69-70-14-24(37(67)48-19)51-34(64)20(8-28(55)56)45-26(53)10-43-31(61)18(47-36(23)66)2-1-5-42-38(40)41/h3-4,6,18-24,52H,1-2,5,7-15H2,(H,43,61)(H,44,62)(H,45,53)(H,46,54)(H,47,66)(H,48,67)(H,49,63)(H,50,65)(H,51,64)(H,55,56)(H,57,58)(H,59,60)(H4,40,41,42). The Labute approximate surface area is 423 Å². The maximum atomic E-state index is 14.3. The number of rotatable bonds is 13. The third kappa shape index (κ3) is 20.7. The first kappa shape index (κ1) is 58.0. The summed E-state index contributed by atoms with van der Waals surface area (Å²) in [7, 11) is 1.61. The van der Waals surface area contributed by atoms with Crippen molar-refractivity contribution in [3.05, 3.63) is 27.3 Å². The van der Waals surface area contributed by atoms with E-state index in [1.165, 1.54) is 18.2 Å². The highest BCUT2D eigenvalue weighted by Crippen LogP contribution is 2.25. The molecule has 384 valence electrons. The van der Waals surface area contributed by atoms with Crippen molar-refractivity contribution in [2.75, 3.05) is 42.6 Å². The topological polar surface area (TPSA) is 456 Å². The van der Waals surface area contributed by atoms with Gasteiger partial charge in [0.05, 0.1) is 28.7 Å². The molecule has 1 aromatic carbocycles. The summed E-state index contributed by atoms with van der Waals surface area (Å²) in [6, 6.07) is -7.52. The van der Waals surface area contributed by atoms with Crippen LogP contribution in [0.5, 0.6) is 5.75 Å². The van der Waals surface area contributed by atoms with E-state index in [1.807, 2.05) is 0 Å². The van der Waals surface area contributed by atoms with Crippen LogP contribution in [0.2, 0.25) is 0 Å². The second-order valence-electron chi connectivity index (χ2n) is 15.1. The van der Waals surface area contributed by atoms with Gasteiger partial charge in [0.15, 0.2) is 5.96 Å². The number of phenolic OH excluding ortho intramolecular Hbond substituents is 1. The minimum atomic E-state index is -1.86. The van der Waals surface area contributed by atoms with Crippen molar-refractivity contribution in [3.63, 3.8) is 0 Å². The smallest absolute Gasteiger partial charge is 0.322 e. The van der Waals surface area contributed by atoms with Crippen LogP contribution in [-0.2, 0) is 64.0 Å². The number of aromatic hydroxyl groups is 1. The first-order valence-electron chi connectivity index (χ1n) is 20.7. The van der Waals surface area contributed by atoms with Crippen LogP contribution in [0.1, 0.15) is 31.2 Å². The number of benzene rings is 1. The number of halogens is 1. The number of carbonyl (C=O) groups is 12. The van der Waals surface area contributed by atoms with E-state index >= 15 is 0 Å². The Morgan fingerprint density at radius 2 is 1.24 bits per heavy atom. The average molecular weight is 1150 g/mol. The molecule has 2 aliphatic rings. The largest absolute Gasteiger partial charge is 0.507 e. The molecule has 0 aromatic heterocycles. The van der Waals surface area contributed by atoms with Crippen molar-refractivity contribution in [2.24, 2.45) is 5.73 Å². The van der Waals surface area contributed by atoms with Crippen molar-refractivity contribution in [1.29, 1.82) is 5.41 Å². The van der Waals surface area contributed by atoms with E-state index in [-0.39, 0.29) is 31.6 Å². The van der Waals surface area contributed by atoms with Crippen molar-refractivity contribution in [2.45, 2.75) is 74.4 Å². The van der Waals surface area contributed by atoms with E-state index in [9.17, 15) is 78.0 Å². The molecule has 1 aromatic rings. The molecule has 0 radical (unpaired) electrons. The zero-order valence-electron chi connectivity index (χ0n) is 36.6. The summed E-state index contributed by atoms with van der Waals surface area (Å²) in [6.07, 6.45) is -2.45. The van der Waals surface area contributed by atoms with Crippen molar-refractivity contribution in [1.82, 2.24) is 53.2 Å². The molecule has 2 bridgehead atoms. The van der Waals surface area contributed by atoms with E-state index in [4.69, 9.17) is 11.1 Å². The van der Waals surface area contributed by atoms with Gasteiger partial charge in [-0.15, -0.1) is 11.8 Å². The Kier molecular flexibility index (Phi) is 24.1. The zero-order chi connectivity index (χ0) is 52.1. The third-order valence-electron chi connectivity index (χ3n) is 9.57. The fourth-order valence-corrected chi connectivity index (χ4v) is 9.92. The number of carboxylic acids is 3. The Morgan fingerprint density at radius 3 is 1.79 bits per heavy atom. The predicted molar refractivity (Wildman–Crippen MR) is 258 cm³/mol. The van der Waals surface area contributed by atoms with E-state index in [0.717, 1.165) is 21.6 Å². The predicted octanol–water partition coefficient (Wildman–Crippen LogP) is -5.40. The number of fused-ring (bicyclic) bond motifs is 5. The van der Waals surface area contributed by atoms with Crippen molar-refractivity contribution >= 4 is 133 Å². The van der Waals surface area contributed by atoms with Crippen LogP contribution in [0, 0.1) is 8.98 Å². The van der Waals surface area contributed by atoms with Crippen molar-refractivity contribution < 1.29 is 78.0 Å². The molecule has 0 spiro atoms. The monoisotopic (exact) mass is 1150 g/mol. The number of amides is 9. The lowest BCUT2D eigenvalue weighted by Gasteiger charge is -2.27. The molecule has 0 aliphatic carbocycles. The van der Waals surface area contributed by atoms with Gasteiger partial charge in [0.25, 0.3) is 0 Å². The highest BCUT2D eigenvalue weighted by molar-refractivity contribution is 14.1. The van der Waals surface area contributed by atoms with Crippen LogP contribution in [0.4, 0.5) is 0 Å². The molecule has 32 heteroatoms. The number of thioether (sulfide) groups is 1. The van der Waals surface area contributed by atoms with Crippen LogP contribution in [0.15, 0.2) is 18.2 Å². The number of carbonyl (C=O) groups excluding carboxylic acids is 9. The number of hydrogen-bond acceptors (Lipinski definition) is 17. The van der Waals surface area contributed by atoms with E-state index in [1.54, 1.807) is 22.6 Å². The summed E-state index contributed by atoms with van der Waals surface area (Å²) in [5, 5.41) is 69.5. The van der Waals surface area contributed by atoms with Crippen molar-refractivity contribution in [3.8, 4) is 5.75 Å². The lowest BCUT2D eigenvalue weighted by molar-refractivity contribution is -0.141. The first-order valence-corrected chi connectivity index (χ1v) is 25.4. The summed E-state index contributed by atoms with van der Waals surface area (Å²) in [5.74, 6) is -16.6. The highest BCUT2D eigenvalue weighted by atomic mass is 127. The van der Waals surface area contributed by atoms with E-state index in [2.05, 4.69) is 53.2 Å². The molecule has 0 saturated carbocycles. The molecule has 7 atom stereocenters. The highest BCUT2D eigenvalue weighted by Gasteiger charge is 2.35. The number of carboxylic acid groups (broad SMARTS) is 3. The van der Waals surface area contributed by atoms with Gasteiger partial charge in [-0.3, -0.25) is 62.9 Å².